The van der Waals surface area contributed by atoms with E-state index in [-0.39, 0.29) is 6.42 Å². The van der Waals surface area contributed by atoms with Gasteiger partial charge in [-0.1, -0.05) is 64.6 Å². The van der Waals surface area contributed by atoms with Crippen molar-refractivity contribution < 1.29 is 72.0 Å². The lowest BCUT2D eigenvalue weighted by Crippen LogP contribution is -2.63. The SMILES string of the molecule is C=C1C(=O)NC(C)C(=O)N(C)C(C)C(=O)NC(C(OC(=O)C(NC(C)=O)C(O)C(C)C)C(C)C)C(=O)N(C)C(C(C)OC)C(=O)OC(C)C(NC(C)=O)C(=O)OC(Cc2ccccc2)C(=O)N1C. The van der Waals surface area contributed by atoms with Crippen molar-refractivity contribution in [2.45, 2.75) is 142 Å². The average molecular weight is 960 g/mol. The molecule has 7 amide bonds. The summed E-state index contributed by atoms with van der Waals surface area (Å²) in [6.07, 6.45) is -7.68. The number of nitrogens with zero attached hydrogens (tertiary/aromatic N) is 3. The van der Waals surface area contributed by atoms with E-state index < -0.39 is 144 Å². The Labute approximate surface area is 397 Å². The molecule has 0 saturated carbocycles. The molecule has 1 aromatic carbocycles. The predicted octanol–water partition coefficient (Wildman–Crippen LogP) is -0.649. The first-order valence-corrected chi connectivity index (χ1v) is 22.1. The molecule has 22 heteroatoms. The number of esters is 3. The number of methoxy groups -OCH3 is 1. The zero-order valence-electron chi connectivity index (χ0n) is 41.3. The van der Waals surface area contributed by atoms with Crippen molar-refractivity contribution in [3.8, 4) is 0 Å². The Balaban J connectivity index is 2.89. The minimum absolute atomic E-state index is 0.231. The molecule has 0 radical (unpaired) electrons. The normalized spacial score (nSPS) is 25.2. The van der Waals surface area contributed by atoms with Gasteiger partial charge < -0.3 is 60.0 Å². The highest BCUT2D eigenvalue weighted by Gasteiger charge is 2.46. The van der Waals surface area contributed by atoms with Crippen LogP contribution >= 0.6 is 0 Å². The van der Waals surface area contributed by atoms with E-state index in [1.54, 1.807) is 58.0 Å². The second-order valence-electron chi connectivity index (χ2n) is 17.5. The van der Waals surface area contributed by atoms with Gasteiger partial charge in [-0.3, -0.25) is 33.6 Å². The lowest BCUT2D eigenvalue weighted by Gasteiger charge is -2.38. The number of cyclic esters (lactones) is 2. The summed E-state index contributed by atoms with van der Waals surface area (Å²) in [6.45, 7) is 17.5. The van der Waals surface area contributed by atoms with E-state index in [1.807, 2.05) is 0 Å². The van der Waals surface area contributed by atoms with Gasteiger partial charge >= 0.3 is 17.9 Å². The molecule has 0 spiro atoms. The number of ether oxygens (including phenoxy) is 4. The van der Waals surface area contributed by atoms with Gasteiger partial charge in [0.2, 0.25) is 29.5 Å². The van der Waals surface area contributed by atoms with Crippen LogP contribution in [0.3, 0.4) is 0 Å². The summed E-state index contributed by atoms with van der Waals surface area (Å²) in [7, 11) is 4.83. The lowest BCUT2D eigenvalue weighted by molar-refractivity contribution is -0.174. The van der Waals surface area contributed by atoms with Gasteiger partial charge in [-0.15, -0.1) is 0 Å². The van der Waals surface area contributed by atoms with Gasteiger partial charge in [-0.2, -0.15) is 0 Å². The zero-order valence-corrected chi connectivity index (χ0v) is 41.3. The molecule has 378 valence electrons. The van der Waals surface area contributed by atoms with Crippen LogP contribution in [0.2, 0.25) is 0 Å². The van der Waals surface area contributed by atoms with E-state index >= 15 is 0 Å². The van der Waals surface area contributed by atoms with Crippen molar-refractivity contribution in [1.29, 1.82) is 0 Å². The lowest BCUT2D eigenvalue weighted by atomic mass is 9.95. The molecule has 1 saturated heterocycles. The number of aliphatic hydroxyl groups excluding tert-OH is 1. The van der Waals surface area contributed by atoms with Crippen LogP contribution in [0, 0.1) is 11.8 Å². The number of carbonyl (C=O) groups excluding carboxylic acids is 10. The Hall–Kier alpha value is -6.42. The van der Waals surface area contributed by atoms with Gasteiger partial charge in [0.25, 0.3) is 11.8 Å². The molecule has 0 aliphatic carbocycles. The number of likely N-dealkylation sites (N-methyl/N-ethyl adjacent to an activating group) is 3. The van der Waals surface area contributed by atoms with Crippen LogP contribution < -0.4 is 21.3 Å². The van der Waals surface area contributed by atoms with E-state index in [0.717, 1.165) is 28.5 Å². The van der Waals surface area contributed by atoms with Crippen LogP contribution in [0.15, 0.2) is 42.6 Å². The van der Waals surface area contributed by atoms with E-state index in [9.17, 15) is 53.1 Å². The maximum atomic E-state index is 14.9. The van der Waals surface area contributed by atoms with Crippen molar-refractivity contribution in [3.63, 3.8) is 0 Å². The topological polar surface area (TPSA) is 286 Å². The summed E-state index contributed by atoms with van der Waals surface area (Å²) in [5, 5.41) is 20.7. The molecule has 11 atom stereocenters. The Morgan fingerprint density at radius 2 is 1.40 bits per heavy atom. The fourth-order valence-corrected chi connectivity index (χ4v) is 7.04. The fraction of sp³-hybridized carbons (Fsp3) is 0.609. The van der Waals surface area contributed by atoms with E-state index in [2.05, 4.69) is 27.8 Å². The van der Waals surface area contributed by atoms with Crippen molar-refractivity contribution in [2.24, 2.45) is 11.8 Å². The third-order valence-corrected chi connectivity index (χ3v) is 11.5. The maximum Gasteiger partial charge on any atom is 0.333 e. The highest BCUT2D eigenvalue weighted by molar-refractivity contribution is 6.01. The third kappa shape index (κ3) is 15.3. The second-order valence-corrected chi connectivity index (χ2v) is 17.5. The van der Waals surface area contributed by atoms with Gasteiger partial charge in [-0.05, 0) is 45.1 Å². The number of benzene rings is 1. The summed E-state index contributed by atoms with van der Waals surface area (Å²) in [4.78, 5) is 140. The monoisotopic (exact) mass is 959 g/mol. The molecular weight excluding hydrogens is 891 g/mol. The molecule has 1 aliphatic heterocycles. The minimum atomic E-state index is -1.86. The first kappa shape index (κ1) is 57.7. The Kier molecular flexibility index (Phi) is 21.8. The van der Waals surface area contributed by atoms with Crippen molar-refractivity contribution in [3.05, 3.63) is 48.2 Å². The Morgan fingerprint density at radius 3 is 1.91 bits per heavy atom. The molecule has 5 N–H and O–H groups in total. The maximum absolute atomic E-state index is 14.9. The van der Waals surface area contributed by atoms with Crippen LogP contribution in [0.1, 0.15) is 74.8 Å². The van der Waals surface area contributed by atoms with Crippen LogP contribution in [0.5, 0.6) is 0 Å². The molecule has 22 nitrogen and oxygen atoms in total. The van der Waals surface area contributed by atoms with E-state index in [0.29, 0.717) is 5.56 Å². The number of hydrogen-bond acceptors (Lipinski definition) is 15. The molecule has 1 fully saturated rings. The van der Waals surface area contributed by atoms with Gasteiger partial charge in [-0.25, -0.2) is 14.4 Å². The number of rotatable bonds is 12. The predicted molar refractivity (Wildman–Crippen MR) is 243 cm³/mol. The number of aliphatic hydroxyl groups is 1. The summed E-state index contributed by atoms with van der Waals surface area (Å²) in [5.41, 5.74) is 0.0526. The highest BCUT2D eigenvalue weighted by atomic mass is 16.6. The third-order valence-electron chi connectivity index (χ3n) is 11.5. The summed E-state index contributed by atoms with van der Waals surface area (Å²) >= 11 is 0. The fourth-order valence-electron chi connectivity index (χ4n) is 7.04. The number of nitrogens with one attached hydrogen (secondary N) is 4. The standard InChI is InChI=1S/C46H69N7O15/c1-22(2)37(56)34(49-30(11)55)45(63)68-38(23(3)4)35-43(61)53(14)36(28(9)65-15)46(64)66-27(8)33(48-29(10)54)44(62)67-32(21-31-19-17-16-18-20-31)42(60)52(13)25(6)39(57)47-24(5)41(59)51(12)26(7)40(58)50-35/h16-20,22-24,26-28,32-38,56H,6,21H2,1-5,7-15H3,(H,47,57)(H,48,54)(H,49,55)(H,50,58). The van der Waals surface area contributed by atoms with Crippen molar-refractivity contribution >= 4 is 59.3 Å². The molecule has 68 heavy (non-hydrogen) atoms. The summed E-state index contributed by atoms with van der Waals surface area (Å²) in [5.74, 6) is -11.2. The average Bonchev–Trinajstić information content (AvgIpc) is 3.27. The van der Waals surface area contributed by atoms with Crippen LogP contribution in [0.25, 0.3) is 0 Å². The van der Waals surface area contributed by atoms with Crippen molar-refractivity contribution in [1.82, 2.24) is 36.0 Å². The van der Waals surface area contributed by atoms with E-state index in [4.69, 9.17) is 18.9 Å². The van der Waals surface area contributed by atoms with Crippen LogP contribution in [-0.4, -0.2) is 174 Å². The zero-order chi connectivity index (χ0) is 52.1. The molecule has 1 aliphatic rings. The summed E-state index contributed by atoms with van der Waals surface area (Å²) < 4.78 is 22.9. The number of hydrogen-bond donors (Lipinski definition) is 5. The smallest absolute Gasteiger partial charge is 0.333 e. The Bertz CT molecular complexity index is 2030. The number of amides is 7. The van der Waals surface area contributed by atoms with Crippen LogP contribution in [-0.2, 0) is 73.3 Å². The Morgan fingerprint density at radius 1 is 0.809 bits per heavy atom. The second kappa shape index (κ2) is 25.6. The number of carbonyl (C=O) groups is 10. The quantitative estimate of drug-likeness (QED) is 0.0989. The molecule has 2 rings (SSSR count). The minimum Gasteiger partial charge on any atom is -0.458 e. The summed E-state index contributed by atoms with van der Waals surface area (Å²) in [6, 6.07) is -1.31. The molecule has 1 aromatic rings. The molecule has 0 aromatic heterocycles. The molecular formula is C46H69N7O15. The van der Waals surface area contributed by atoms with E-state index in [1.165, 1.54) is 55.9 Å². The first-order valence-electron chi connectivity index (χ1n) is 22.1. The van der Waals surface area contributed by atoms with Gasteiger partial charge in [0.1, 0.15) is 36.0 Å². The van der Waals surface area contributed by atoms with Crippen molar-refractivity contribution in [2.75, 3.05) is 28.3 Å². The molecule has 0 bridgehead atoms. The van der Waals surface area contributed by atoms with Crippen LogP contribution in [0.4, 0.5) is 0 Å². The largest absolute Gasteiger partial charge is 0.458 e. The molecule has 1 heterocycles. The van der Waals surface area contributed by atoms with Gasteiger partial charge in [0, 0.05) is 48.5 Å². The highest BCUT2D eigenvalue weighted by Crippen LogP contribution is 2.22. The molecule has 11 unspecified atom stereocenters. The van der Waals surface area contributed by atoms with Gasteiger partial charge in [0.05, 0.1) is 12.2 Å². The first-order chi connectivity index (χ1) is 31.6. The van der Waals surface area contributed by atoms with Gasteiger partial charge in [0.15, 0.2) is 24.2 Å².